The fourth-order valence-electron chi connectivity index (χ4n) is 1.94. The van der Waals surface area contributed by atoms with E-state index in [4.69, 9.17) is 5.11 Å². The highest BCUT2D eigenvalue weighted by Crippen LogP contribution is 2.24. The molecule has 0 atom stereocenters. The Morgan fingerprint density at radius 3 is 2.29 bits per heavy atom. The van der Waals surface area contributed by atoms with Crippen molar-refractivity contribution in [3.8, 4) is 0 Å². The van der Waals surface area contributed by atoms with Crippen LogP contribution in [0, 0.1) is 11.3 Å². The molecule has 0 spiro atoms. The smallest absolute Gasteiger partial charge is 0.0494 e. The molecule has 0 heterocycles. The van der Waals surface area contributed by atoms with Crippen LogP contribution in [0.25, 0.3) is 0 Å². The van der Waals surface area contributed by atoms with Crippen LogP contribution < -0.4 is 5.32 Å². The summed E-state index contributed by atoms with van der Waals surface area (Å²) in [6.45, 7) is 7.75. The van der Waals surface area contributed by atoms with E-state index in [1.165, 1.54) is 25.7 Å². The van der Waals surface area contributed by atoms with Crippen LogP contribution in [0.15, 0.2) is 0 Å². The summed E-state index contributed by atoms with van der Waals surface area (Å²) in [6, 6.07) is 0.692. The highest BCUT2D eigenvalue weighted by atomic mass is 16.3. The SMILES string of the molecule is CC1CCC(NCC(C)(C)CO)CC1. The fourth-order valence-corrected chi connectivity index (χ4v) is 1.94. The average Bonchev–Trinajstić information content (AvgIpc) is 2.17. The van der Waals surface area contributed by atoms with Gasteiger partial charge >= 0.3 is 0 Å². The molecular weight excluding hydrogens is 174 g/mol. The van der Waals surface area contributed by atoms with Crippen LogP contribution >= 0.6 is 0 Å². The molecule has 1 saturated carbocycles. The zero-order valence-corrected chi connectivity index (χ0v) is 9.84. The van der Waals surface area contributed by atoms with Gasteiger partial charge in [-0.1, -0.05) is 20.8 Å². The van der Waals surface area contributed by atoms with Crippen molar-refractivity contribution in [3.63, 3.8) is 0 Å². The van der Waals surface area contributed by atoms with Gasteiger partial charge in [0.1, 0.15) is 0 Å². The normalized spacial score (nSPS) is 29.1. The Morgan fingerprint density at radius 1 is 1.21 bits per heavy atom. The maximum absolute atomic E-state index is 9.13. The second-order valence-electron chi connectivity index (χ2n) is 5.66. The highest BCUT2D eigenvalue weighted by molar-refractivity contribution is 4.78. The van der Waals surface area contributed by atoms with Gasteiger partial charge in [-0.2, -0.15) is 0 Å². The van der Waals surface area contributed by atoms with E-state index in [1.54, 1.807) is 0 Å². The Kier molecular flexibility index (Phi) is 4.39. The molecule has 0 bridgehead atoms. The van der Waals surface area contributed by atoms with Gasteiger partial charge in [0, 0.05) is 24.6 Å². The molecule has 2 nitrogen and oxygen atoms in total. The second-order valence-corrected chi connectivity index (χ2v) is 5.66. The molecule has 2 N–H and O–H groups in total. The van der Waals surface area contributed by atoms with E-state index in [2.05, 4.69) is 26.1 Å². The number of hydrogen-bond donors (Lipinski definition) is 2. The summed E-state index contributed by atoms with van der Waals surface area (Å²) >= 11 is 0. The lowest BCUT2D eigenvalue weighted by Crippen LogP contribution is -2.40. The van der Waals surface area contributed by atoms with Crippen molar-refractivity contribution >= 4 is 0 Å². The van der Waals surface area contributed by atoms with Crippen molar-refractivity contribution in [2.24, 2.45) is 11.3 Å². The van der Waals surface area contributed by atoms with E-state index < -0.39 is 0 Å². The molecule has 2 heteroatoms. The van der Waals surface area contributed by atoms with Crippen LogP contribution in [-0.2, 0) is 0 Å². The average molecular weight is 199 g/mol. The zero-order chi connectivity index (χ0) is 10.6. The first-order valence-electron chi connectivity index (χ1n) is 5.88. The van der Waals surface area contributed by atoms with E-state index in [0.717, 1.165) is 12.5 Å². The maximum atomic E-state index is 9.13. The van der Waals surface area contributed by atoms with Gasteiger partial charge in [0.15, 0.2) is 0 Å². The van der Waals surface area contributed by atoms with Crippen molar-refractivity contribution in [1.29, 1.82) is 0 Å². The van der Waals surface area contributed by atoms with Gasteiger partial charge in [0.05, 0.1) is 0 Å². The molecule has 0 unspecified atom stereocenters. The maximum Gasteiger partial charge on any atom is 0.0494 e. The van der Waals surface area contributed by atoms with Gasteiger partial charge in [-0.15, -0.1) is 0 Å². The Balaban J connectivity index is 2.19. The fraction of sp³-hybridized carbons (Fsp3) is 1.00. The standard InChI is InChI=1S/C12H25NO/c1-10-4-6-11(7-5-10)13-8-12(2,3)9-14/h10-11,13-14H,4-9H2,1-3H3. The second kappa shape index (κ2) is 5.13. The minimum atomic E-state index is 0.0308. The van der Waals surface area contributed by atoms with Crippen LogP contribution in [0.4, 0.5) is 0 Å². The lowest BCUT2D eigenvalue weighted by molar-refractivity contribution is 0.148. The van der Waals surface area contributed by atoms with E-state index in [9.17, 15) is 0 Å². The molecule has 1 aliphatic carbocycles. The number of aliphatic hydroxyl groups is 1. The first kappa shape index (κ1) is 12.0. The third-order valence-electron chi connectivity index (χ3n) is 3.31. The molecule has 14 heavy (non-hydrogen) atoms. The molecule has 0 saturated heterocycles. The van der Waals surface area contributed by atoms with Gasteiger partial charge in [-0.3, -0.25) is 0 Å². The van der Waals surface area contributed by atoms with Crippen molar-refractivity contribution in [2.75, 3.05) is 13.2 Å². The molecule has 84 valence electrons. The van der Waals surface area contributed by atoms with E-state index in [-0.39, 0.29) is 12.0 Å². The van der Waals surface area contributed by atoms with Gasteiger partial charge in [0.2, 0.25) is 0 Å². The van der Waals surface area contributed by atoms with Crippen molar-refractivity contribution in [3.05, 3.63) is 0 Å². The Bertz CT molecular complexity index is 160. The summed E-state index contributed by atoms with van der Waals surface area (Å²) in [5, 5.41) is 12.7. The molecule has 1 rings (SSSR count). The van der Waals surface area contributed by atoms with Gasteiger partial charge in [-0.05, 0) is 31.6 Å². The summed E-state index contributed by atoms with van der Waals surface area (Å²) in [4.78, 5) is 0. The number of rotatable bonds is 4. The minimum absolute atomic E-state index is 0.0308. The molecule has 0 amide bonds. The van der Waals surface area contributed by atoms with Gasteiger partial charge in [0.25, 0.3) is 0 Å². The van der Waals surface area contributed by atoms with Gasteiger partial charge < -0.3 is 10.4 Å². The Labute approximate surface area is 88.1 Å². The topological polar surface area (TPSA) is 32.3 Å². The van der Waals surface area contributed by atoms with Crippen LogP contribution in [0.2, 0.25) is 0 Å². The summed E-state index contributed by atoms with van der Waals surface area (Å²) in [5.74, 6) is 0.916. The molecule has 1 aliphatic rings. The summed E-state index contributed by atoms with van der Waals surface area (Å²) < 4.78 is 0. The number of nitrogens with one attached hydrogen (secondary N) is 1. The monoisotopic (exact) mass is 199 g/mol. The number of aliphatic hydroxyl groups excluding tert-OH is 1. The first-order chi connectivity index (χ1) is 6.53. The van der Waals surface area contributed by atoms with E-state index in [0.29, 0.717) is 6.04 Å². The predicted octanol–water partition coefficient (Wildman–Crippen LogP) is 2.17. The van der Waals surface area contributed by atoms with Crippen molar-refractivity contribution in [1.82, 2.24) is 5.32 Å². The zero-order valence-electron chi connectivity index (χ0n) is 9.84. The predicted molar refractivity (Wildman–Crippen MR) is 60.3 cm³/mol. The molecule has 0 aromatic heterocycles. The summed E-state index contributed by atoms with van der Waals surface area (Å²) in [6.07, 6.45) is 5.33. The Hall–Kier alpha value is -0.0800. The molecule has 0 radical (unpaired) electrons. The van der Waals surface area contributed by atoms with E-state index >= 15 is 0 Å². The molecular formula is C12H25NO. The lowest BCUT2D eigenvalue weighted by Gasteiger charge is -2.30. The number of hydrogen-bond acceptors (Lipinski definition) is 2. The third-order valence-corrected chi connectivity index (χ3v) is 3.31. The van der Waals surface area contributed by atoms with E-state index in [1.807, 2.05) is 0 Å². The molecule has 1 fully saturated rings. The van der Waals surface area contributed by atoms with Crippen molar-refractivity contribution in [2.45, 2.75) is 52.5 Å². The quantitative estimate of drug-likeness (QED) is 0.727. The largest absolute Gasteiger partial charge is 0.396 e. The molecule has 0 aliphatic heterocycles. The Morgan fingerprint density at radius 2 is 1.79 bits per heavy atom. The third kappa shape index (κ3) is 3.97. The van der Waals surface area contributed by atoms with Crippen LogP contribution in [-0.4, -0.2) is 24.3 Å². The van der Waals surface area contributed by atoms with Crippen LogP contribution in [0.1, 0.15) is 46.5 Å². The van der Waals surface area contributed by atoms with Crippen LogP contribution in [0.5, 0.6) is 0 Å². The lowest BCUT2D eigenvalue weighted by atomic mass is 9.86. The van der Waals surface area contributed by atoms with Crippen molar-refractivity contribution < 1.29 is 5.11 Å². The summed E-state index contributed by atoms with van der Waals surface area (Å²) in [5.41, 5.74) is 0.0308. The molecule has 0 aromatic carbocycles. The molecule has 0 aromatic rings. The first-order valence-corrected chi connectivity index (χ1v) is 5.88. The minimum Gasteiger partial charge on any atom is -0.396 e. The highest BCUT2D eigenvalue weighted by Gasteiger charge is 2.21. The van der Waals surface area contributed by atoms with Gasteiger partial charge in [-0.25, -0.2) is 0 Å². The summed E-state index contributed by atoms with van der Waals surface area (Å²) in [7, 11) is 0. The van der Waals surface area contributed by atoms with Crippen LogP contribution in [0.3, 0.4) is 0 Å².